The number of benzene rings is 2. The molecule has 31 heavy (non-hydrogen) atoms. The molecule has 3 N–H and O–H groups in total. The third-order valence-corrected chi connectivity index (χ3v) is 4.23. The average molecular weight is 434 g/mol. The second kappa shape index (κ2) is 10.5. The fraction of sp³-hybridized carbons (Fsp3) is 0.333. The van der Waals surface area contributed by atoms with Crippen LogP contribution in [-0.4, -0.2) is 31.8 Å². The summed E-state index contributed by atoms with van der Waals surface area (Å²) in [6, 6.07) is 10.3. The molecular weight excluding hydrogens is 410 g/mol. The number of aliphatic imine (C=N–C) groups is 1. The van der Waals surface area contributed by atoms with Gasteiger partial charge in [0.05, 0.1) is 6.54 Å². The van der Waals surface area contributed by atoms with E-state index in [2.05, 4.69) is 25.7 Å². The van der Waals surface area contributed by atoms with Gasteiger partial charge in [0.25, 0.3) is 0 Å². The number of carbonyl (C=O) groups is 1. The lowest BCUT2D eigenvalue weighted by molar-refractivity contribution is -0.114. The van der Waals surface area contributed by atoms with Crippen LogP contribution in [0.2, 0.25) is 0 Å². The van der Waals surface area contributed by atoms with Gasteiger partial charge in [-0.3, -0.25) is 4.79 Å². The van der Waals surface area contributed by atoms with Gasteiger partial charge in [-0.25, -0.2) is 4.99 Å². The SMILES string of the molecule is CCNC(=NCc1cccc(NC(C)=O)c1)NCc1cc2c(cc1OC(F)F)OCO2. The summed E-state index contributed by atoms with van der Waals surface area (Å²) in [5.41, 5.74) is 2.06. The third kappa shape index (κ3) is 6.46. The highest BCUT2D eigenvalue weighted by Gasteiger charge is 2.20. The van der Waals surface area contributed by atoms with Crippen molar-refractivity contribution in [3.63, 3.8) is 0 Å². The van der Waals surface area contributed by atoms with Crippen molar-refractivity contribution in [2.24, 2.45) is 4.99 Å². The lowest BCUT2D eigenvalue weighted by atomic mass is 10.1. The van der Waals surface area contributed by atoms with Crippen LogP contribution < -0.4 is 30.2 Å². The number of hydrogen-bond acceptors (Lipinski definition) is 5. The van der Waals surface area contributed by atoms with Crippen LogP contribution in [0, 0.1) is 0 Å². The number of hydrogen-bond donors (Lipinski definition) is 3. The molecule has 0 radical (unpaired) electrons. The van der Waals surface area contributed by atoms with Gasteiger partial charge >= 0.3 is 6.61 Å². The van der Waals surface area contributed by atoms with Gasteiger partial charge in [-0.15, -0.1) is 0 Å². The summed E-state index contributed by atoms with van der Waals surface area (Å²) in [5.74, 6) is 1.18. The number of guanidine groups is 1. The molecule has 1 aliphatic heterocycles. The van der Waals surface area contributed by atoms with Crippen LogP contribution in [0.25, 0.3) is 0 Å². The zero-order valence-electron chi connectivity index (χ0n) is 17.2. The normalized spacial score (nSPS) is 12.6. The molecule has 1 amide bonds. The molecule has 0 aromatic heterocycles. The number of anilines is 1. The minimum Gasteiger partial charge on any atom is -0.454 e. The highest BCUT2D eigenvalue weighted by Crippen LogP contribution is 2.38. The van der Waals surface area contributed by atoms with E-state index in [9.17, 15) is 13.6 Å². The van der Waals surface area contributed by atoms with Crippen LogP contribution in [-0.2, 0) is 17.9 Å². The average Bonchev–Trinajstić information content (AvgIpc) is 3.16. The first-order chi connectivity index (χ1) is 14.9. The van der Waals surface area contributed by atoms with Crippen molar-refractivity contribution in [2.45, 2.75) is 33.5 Å². The fourth-order valence-electron chi connectivity index (χ4n) is 2.95. The minimum atomic E-state index is -2.96. The number of ether oxygens (including phenoxy) is 3. The summed E-state index contributed by atoms with van der Waals surface area (Å²) in [7, 11) is 0. The molecule has 0 saturated heterocycles. The molecule has 0 spiro atoms. The lowest BCUT2D eigenvalue weighted by Crippen LogP contribution is -2.36. The van der Waals surface area contributed by atoms with E-state index in [1.54, 1.807) is 12.1 Å². The maximum atomic E-state index is 12.8. The minimum absolute atomic E-state index is 0.00519. The van der Waals surface area contributed by atoms with E-state index in [4.69, 9.17) is 9.47 Å². The molecule has 0 fully saturated rings. The zero-order chi connectivity index (χ0) is 22.2. The maximum absolute atomic E-state index is 12.8. The molecule has 0 aliphatic carbocycles. The Morgan fingerprint density at radius 2 is 1.97 bits per heavy atom. The Kier molecular flexibility index (Phi) is 7.47. The molecule has 0 unspecified atom stereocenters. The molecule has 2 aromatic carbocycles. The Bertz CT molecular complexity index is 953. The third-order valence-electron chi connectivity index (χ3n) is 4.23. The standard InChI is InChI=1S/C21H24F2N4O4/c1-3-24-21(25-10-14-5-4-6-16(7-14)27-13(2)28)26-11-15-8-18-19(30-12-29-18)9-17(15)31-20(22)23/h4-9,20H,3,10-12H2,1-2H3,(H,27,28)(H2,24,25,26). The Balaban J connectivity index is 1.71. The maximum Gasteiger partial charge on any atom is 0.387 e. The van der Waals surface area contributed by atoms with Gasteiger partial charge in [0.15, 0.2) is 17.5 Å². The van der Waals surface area contributed by atoms with Crippen molar-refractivity contribution in [1.82, 2.24) is 10.6 Å². The fourth-order valence-corrected chi connectivity index (χ4v) is 2.95. The van der Waals surface area contributed by atoms with Crippen LogP contribution in [0.5, 0.6) is 17.2 Å². The predicted molar refractivity (Wildman–Crippen MR) is 112 cm³/mol. The summed E-state index contributed by atoms with van der Waals surface area (Å²) < 4.78 is 40.8. The van der Waals surface area contributed by atoms with E-state index in [1.165, 1.54) is 13.0 Å². The van der Waals surface area contributed by atoms with Gasteiger partial charge in [0.2, 0.25) is 12.7 Å². The first-order valence-corrected chi connectivity index (χ1v) is 9.70. The molecule has 3 rings (SSSR count). The van der Waals surface area contributed by atoms with E-state index in [-0.39, 0.29) is 25.0 Å². The molecule has 1 aliphatic rings. The quantitative estimate of drug-likeness (QED) is 0.436. The van der Waals surface area contributed by atoms with E-state index < -0.39 is 6.61 Å². The summed E-state index contributed by atoms with van der Waals surface area (Å²) in [6.07, 6.45) is 0. The largest absolute Gasteiger partial charge is 0.454 e. The van der Waals surface area contributed by atoms with Crippen LogP contribution >= 0.6 is 0 Å². The van der Waals surface area contributed by atoms with E-state index in [1.807, 2.05) is 25.1 Å². The van der Waals surface area contributed by atoms with Gasteiger partial charge in [-0.05, 0) is 30.7 Å². The summed E-state index contributed by atoms with van der Waals surface area (Å²) in [6.45, 7) is 1.57. The van der Waals surface area contributed by atoms with Gasteiger partial charge in [-0.1, -0.05) is 12.1 Å². The van der Waals surface area contributed by atoms with E-state index in [0.29, 0.717) is 41.8 Å². The number of alkyl halides is 2. The monoisotopic (exact) mass is 434 g/mol. The number of carbonyl (C=O) groups excluding carboxylic acids is 1. The molecule has 0 saturated carbocycles. The molecule has 0 bridgehead atoms. The number of fused-ring (bicyclic) bond motifs is 1. The van der Waals surface area contributed by atoms with Crippen molar-refractivity contribution in [1.29, 1.82) is 0 Å². The van der Waals surface area contributed by atoms with Crippen molar-refractivity contribution in [2.75, 3.05) is 18.7 Å². The van der Waals surface area contributed by atoms with Crippen molar-refractivity contribution < 1.29 is 27.8 Å². The molecule has 166 valence electrons. The smallest absolute Gasteiger partial charge is 0.387 e. The second-order valence-corrected chi connectivity index (χ2v) is 6.62. The van der Waals surface area contributed by atoms with Crippen LogP contribution in [0.1, 0.15) is 25.0 Å². The van der Waals surface area contributed by atoms with Crippen molar-refractivity contribution in [3.8, 4) is 17.2 Å². The van der Waals surface area contributed by atoms with Crippen LogP contribution in [0.15, 0.2) is 41.4 Å². The van der Waals surface area contributed by atoms with Crippen molar-refractivity contribution >= 4 is 17.6 Å². The van der Waals surface area contributed by atoms with E-state index in [0.717, 1.165) is 5.56 Å². The van der Waals surface area contributed by atoms with Crippen LogP contribution in [0.4, 0.5) is 14.5 Å². The van der Waals surface area contributed by atoms with Gasteiger partial charge in [-0.2, -0.15) is 8.78 Å². The summed E-state index contributed by atoms with van der Waals surface area (Å²) in [4.78, 5) is 15.7. The first kappa shape index (κ1) is 22.1. The Morgan fingerprint density at radius 1 is 1.19 bits per heavy atom. The number of amides is 1. The van der Waals surface area contributed by atoms with Gasteiger partial charge in [0.1, 0.15) is 5.75 Å². The summed E-state index contributed by atoms with van der Waals surface area (Å²) >= 11 is 0. The molecule has 8 nitrogen and oxygen atoms in total. The molecule has 2 aromatic rings. The molecule has 10 heteroatoms. The molecular formula is C21H24F2N4O4. The Hall–Kier alpha value is -3.56. The number of nitrogens with zero attached hydrogens (tertiary/aromatic N) is 1. The number of nitrogens with one attached hydrogen (secondary N) is 3. The number of halogens is 2. The Morgan fingerprint density at radius 3 is 2.68 bits per heavy atom. The zero-order valence-corrected chi connectivity index (χ0v) is 17.2. The summed E-state index contributed by atoms with van der Waals surface area (Å²) in [5, 5.41) is 8.94. The van der Waals surface area contributed by atoms with E-state index >= 15 is 0 Å². The highest BCUT2D eigenvalue weighted by molar-refractivity contribution is 5.88. The topological polar surface area (TPSA) is 93.2 Å². The Labute approximate surface area is 178 Å². The highest BCUT2D eigenvalue weighted by atomic mass is 19.3. The second-order valence-electron chi connectivity index (χ2n) is 6.62. The predicted octanol–water partition coefficient (Wildman–Crippen LogP) is 3.23. The van der Waals surface area contributed by atoms with Crippen molar-refractivity contribution in [3.05, 3.63) is 47.5 Å². The molecule has 0 atom stereocenters. The lowest BCUT2D eigenvalue weighted by Gasteiger charge is -2.15. The van der Waals surface area contributed by atoms with Crippen LogP contribution in [0.3, 0.4) is 0 Å². The number of rotatable bonds is 8. The van der Waals surface area contributed by atoms with Gasteiger partial charge in [0, 0.05) is 37.3 Å². The van der Waals surface area contributed by atoms with Gasteiger partial charge < -0.3 is 30.2 Å². The first-order valence-electron chi connectivity index (χ1n) is 9.70. The molecule has 1 heterocycles.